The molecule has 0 unspecified atom stereocenters. The Labute approximate surface area is 82.2 Å². The average molecular weight is 191 g/mol. The number of anilines is 1. The zero-order valence-electron chi connectivity index (χ0n) is 8.28. The zero-order valence-corrected chi connectivity index (χ0v) is 8.28. The van der Waals surface area contributed by atoms with Crippen molar-refractivity contribution in [2.24, 2.45) is 7.05 Å². The van der Waals surface area contributed by atoms with Crippen LogP contribution < -0.4 is 5.32 Å². The summed E-state index contributed by atoms with van der Waals surface area (Å²) in [5.74, 6) is 0.922. The van der Waals surface area contributed by atoms with Crippen molar-refractivity contribution in [3.05, 3.63) is 30.0 Å². The number of nitrogens with one attached hydrogen (secondary N) is 2. The van der Waals surface area contributed by atoms with Crippen molar-refractivity contribution in [3.63, 3.8) is 0 Å². The molecule has 14 heavy (non-hydrogen) atoms. The Kier molecular flexibility index (Phi) is 2.22. The highest BCUT2D eigenvalue weighted by molar-refractivity contribution is 5.32. The summed E-state index contributed by atoms with van der Waals surface area (Å²) in [5.41, 5.74) is 2.37. The normalized spacial score (nSPS) is 10.4. The predicted molar refractivity (Wildman–Crippen MR) is 53.9 cm³/mol. The van der Waals surface area contributed by atoms with Crippen molar-refractivity contribution in [3.8, 4) is 0 Å². The molecule has 0 bridgehead atoms. The molecule has 0 saturated carbocycles. The largest absolute Gasteiger partial charge is 0.365 e. The molecular formula is C9H13N5. The maximum atomic E-state index is 4.17. The first kappa shape index (κ1) is 8.80. The van der Waals surface area contributed by atoms with Crippen LogP contribution in [-0.2, 0) is 13.6 Å². The summed E-state index contributed by atoms with van der Waals surface area (Å²) >= 11 is 0. The lowest BCUT2D eigenvalue weighted by molar-refractivity contribution is 0.718. The van der Waals surface area contributed by atoms with E-state index in [0.717, 1.165) is 12.4 Å². The molecule has 5 nitrogen and oxygen atoms in total. The Morgan fingerprint density at radius 2 is 2.36 bits per heavy atom. The van der Waals surface area contributed by atoms with Gasteiger partial charge < -0.3 is 10.3 Å². The first-order valence-electron chi connectivity index (χ1n) is 4.47. The minimum Gasteiger partial charge on any atom is -0.365 e. The fourth-order valence-corrected chi connectivity index (χ4v) is 1.36. The average Bonchev–Trinajstić information content (AvgIpc) is 2.76. The van der Waals surface area contributed by atoms with E-state index in [2.05, 4.69) is 27.3 Å². The minimum atomic E-state index is 0.754. The van der Waals surface area contributed by atoms with Crippen LogP contribution in [0.5, 0.6) is 0 Å². The number of nitrogens with zero attached hydrogens (tertiary/aromatic N) is 3. The van der Waals surface area contributed by atoms with E-state index in [1.807, 2.05) is 17.9 Å². The van der Waals surface area contributed by atoms with Crippen LogP contribution in [0.25, 0.3) is 0 Å². The smallest absolute Gasteiger partial charge is 0.123 e. The van der Waals surface area contributed by atoms with Gasteiger partial charge in [-0.2, -0.15) is 5.10 Å². The molecule has 0 atom stereocenters. The number of aromatic nitrogens is 4. The number of imidazole rings is 1. The quantitative estimate of drug-likeness (QED) is 0.762. The van der Waals surface area contributed by atoms with E-state index in [-0.39, 0.29) is 0 Å². The summed E-state index contributed by atoms with van der Waals surface area (Å²) in [4.78, 5) is 6.91. The standard InChI is InChI=1S/C9H13N5/c1-7-3-13-14(2)8(7)4-11-9-5-10-6-12-9/h3,5-6,11H,4H2,1-2H3,(H,10,12). The van der Waals surface area contributed by atoms with E-state index in [1.165, 1.54) is 11.3 Å². The zero-order chi connectivity index (χ0) is 9.97. The third kappa shape index (κ3) is 1.61. The lowest BCUT2D eigenvalue weighted by Gasteiger charge is -2.05. The minimum absolute atomic E-state index is 0.754. The fraction of sp³-hybridized carbons (Fsp3) is 0.333. The van der Waals surface area contributed by atoms with Crippen LogP contribution in [0.15, 0.2) is 18.7 Å². The first-order valence-corrected chi connectivity index (χ1v) is 4.47. The van der Waals surface area contributed by atoms with Crippen molar-refractivity contribution < 1.29 is 0 Å². The highest BCUT2D eigenvalue weighted by Gasteiger charge is 2.03. The number of aryl methyl sites for hydroxylation is 2. The second-order valence-corrected chi connectivity index (χ2v) is 3.22. The SMILES string of the molecule is Cc1cnn(C)c1CNc1cnc[nH]1. The van der Waals surface area contributed by atoms with Crippen LogP contribution in [0.4, 0.5) is 5.82 Å². The molecule has 0 aliphatic rings. The van der Waals surface area contributed by atoms with Gasteiger partial charge in [-0.1, -0.05) is 0 Å². The second kappa shape index (κ2) is 3.53. The molecule has 74 valence electrons. The summed E-state index contributed by atoms with van der Waals surface area (Å²) < 4.78 is 1.87. The van der Waals surface area contributed by atoms with Crippen molar-refractivity contribution in [1.29, 1.82) is 0 Å². The van der Waals surface area contributed by atoms with Crippen molar-refractivity contribution >= 4 is 5.82 Å². The molecule has 0 spiro atoms. The van der Waals surface area contributed by atoms with E-state index in [1.54, 1.807) is 12.5 Å². The van der Waals surface area contributed by atoms with Gasteiger partial charge in [-0.3, -0.25) is 4.68 Å². The number of hydrogen-bond acceptors (Lipinski definition) is 3. The van der Waals surface area contributed by atoms with E-state index in [9.17, 15) is 0 Å². The Morgan fingerprint density at radius 1 is 1.50 bits per heavy atom. The number of H-pyrrole nitrogens is 1. The van der Waals surface area contributed by atoms with E-state index < -0.39 is 0 Å². The lowest BCUT2D eigenvalue weighted by Crippen LogP contribution is -2.06. The van der Waals surface area contributed by atoms with Gasteiger partial charge in [0.2, 0.25) is 0 Å². The van der Waals surface area contributed by atoms with Gasteiger partial charge in [-0.25, -0.2) is 4.98 Å². The van der Waals surface area contributed by atoms with Crippen LogP contribution >= 0.6 is 0 Å². The van der Waals surface area contributed by atoms with E-state index >= 15 is 0 Å². The van der Waals surface area contributed by atoms with Crippen LogP contribution in [0.3, 0.4) is 0 Å². The lowest BCUT2D eigenvalue weighted by atomic mass is 10.3. The van der Waals surface area contributed by atoms with Gasteiger partial charge >= 0.3 is 0 Å². The number of aromatic amines is 1. The molecule has 0 radical (unpaired) electrons. The summed E-state index contributed by atoms with van der Waals surface area (Å²) in [6, 6.07) is 0. The first-order chi connectivity index (χ1) is 6.77. The topological polar surface area (TPSA) is 58.5 Å². The van der Waals surface area contributed by atoms with E-state index in [4.69, 9.17) is 0 Å². The van der Waals surface area contributed by atoms with Gasteiger partial charge in [0.25, 0.3) is 0 Å². The van der Waals surface area contributed by atoms with E-state index in [0.29, 0.717) is 0 Å². The third-order valence-electron chi connectivity index (χ3n) is 2.21. The molecule has 2 rings (SSSR count). The molecule has 0 aliphatic carbocycles. The fourth-order valence-electron chi connectivity index (χ4n) is 1.36. The molecule has 0 aromatic carbocycles. The third-order valence-corrected chi connectivity index (χ3v) is 2.21. The van der Waals surface area contributed by atoms with Crippen LogP contribution in [0, 0.1) is 6.92 Å². The highest BCUT2D eigenvalue weighted by Crippen LogP contribution is 2.08. The highest BCUT2D eigenvalue weighted by atomic mass is 15.3. The second-order valence-electron chi connectivity index (χ2n) is 3.22. The summed E-state index contributed by atoms with van der Waals surface area (Å²) in [5, 5.41) is 7.40. The molecule has 0 amide bonds. The molecule has 2 heterocycles. The molecule has 2 aromatic rings. The Bertz CT molecular complexity index is 381. The van der Waals surface area contributed by atoms with Gasteiger partial charge in [0, 0.05) is 7.05 Å². The Hall–Kier alpha value is -1.78. The van der Waals surface area contributed by atoms with Gasteiger partial charge in [-0.05, 0) is 12.5 Å². The maximum Gasteiger partial charge on any atom is 0.123 e. The van der Waals surface area contributed by atoms with Crippen LogP contribution in [0.1, 0.15) is 11.3 Å². The van der Waals surface area contributed by atoms with Gasteiger partial charge in [0.1, 0.15) is 5.82 Å². The monoisotopic (exact) mass is 191 g/mol. The molecule has 0 fully saturated rings. The summed E-state index contributed by atoms with van der Waals surface area (Å²) in [6.45, 7) is 2.81. The molecule has 2 N–H and O–H groups in total. The molecule has 0 saturated heterocycles. The van der Waals surface area contributed by atoms with Crippen molar-refractivity contribution in [1.82, 2.24) is 19.7 Å². The number of hydrogen-bond donors (Lipinski definition) is 2. The Balaban J connectivity index is 2.05. The van der Waals surface area contributed by atoms with Crippen molar-refractivity contribution in [2.75, 3.05) is 5.32 Å². The predicted octanol–water partition coefficient (Wildman–Crippen LogP) is 1.06. The van der Waals surface area contributed by atoms with Gasteiger partial charge in [0.15, 0.2) is 0 Å². The summed E-state index contributed by atoms with van der Waals surface area (Å²) in [7, 11) is 1.94. The molecule has 0 aliphatic heterocycles. The summed E-state index contributed by atoms with van der Waals surface area (Å²) in [6.07, 6.45) is 5.27. The Morgan fingerprint density at radius 3 is 2.93 bits per heavy atom. The van der Waals surface area contributed by atoms with Crippen molar-refractivity contribution in [2.45, 2.75) is 13.5 Å². The van der Waals surface area contributed by atoms with Gasteiger partial charge in [0.05, 0.1) is 31.0 Å². The maximum absolute atomic E-state index is 4.17. The molecular weight excluding hydrogens is 178 g/mol. The van der Waals surface area contributed by atoms with Gasteiger partial charge in [-0.15, -0.1) is 0 Å². The number of rotatable bonds is 3. The molecule has 5 heteroatoms. The van der Waals surface area contributed by atoms with Crippen LogP contribution in [-0.4, -0.2) is 19.7 Å². The van der Waals surface area contributed by atoms with Crippen LogP contribution in [0.2, 0.25) is 0 Å². The molecule has 2 aromatic heterocycles.